The SMILES string of the molecule is CCOc1cc2c(OC)cc1C=N[C@@H]1CCCC[C@@H]1N=Cc1cc(OCC)c(cc1OC)C=N[C@@H]1CCCC[C@H]1N=Cc1cc(OCC)c(cc1OC)C=N[C@@H]1CCCC[C@H]1N=C2. The molecule has 0 radical (unpaired) electrons. The molecule has 0 aromatic heterocycles. The normalized spacial score (nSPS) is 23.7. The smallest absolute Gasteiger partial charge is 0.128 e. The Hall–Kier alpha value is -5.52. The largest absolute Gasteiger partial charge is 0.496 e. The van der Waals surface area contributed by atoms with Crippen molar-refractivity contribution in [2.24, 2.45) is 30.0 Å². The number of ether oxygens (including phenoxy) is 6. The van der Waals surface area contributed by atoms with Crippen LogP contribution in [0.4, 0.5) is 0 Å². The second-order valence-corrected chi connectivity index (χ2v) is 16.6. The average molecular weight is 859 g/mol. The first kappa shape index (κ1) is 45.5. The van der Waals surface area contributed by atoms with Gasteiger partial charge in [0.2, 0.25) is 0 Å². The van der Waals surface area contributed by atoms with Crippen LogP contribution < -0.4 is 28.4 Å². The lowest BCUT2D eigenvalue weighted by molar-refractivity contribution is 0.338. The molecular weight excluding hydrogens is 793 g/mol. The zero-order valence-corrected chi connectivity index (χ0v) is 38.1. The molecule has 9 aliphatic rings. The van der Waals surface area contributed by atoms with E-state index in [-0.39, 0.29) is 36.3 Å². The predicted molar refractivity (Wildman–Crippen MR) is 256 cm³/mol. The molecule has 6 bridgehead atoms. The number of rotatable bonds is 9. The van der Waals surface area contributed by atoms with Gasteiger partial charge < -0.3 is 28.4 Å². The molecule has 0 N–H and O–H groups in total. The van der Waals surface area contributed by atoms with Gasteiger partial charge in [0.15, 0.2) is 0 Å². The van der Waals surface area contributed by atoms with Crippen LogP contribution in [-0.4, -0.2) is 115 Å². The molecule has 0 saturated heterocycles. The molecule has 12 nitrogen and oxygen atoms in total. The molecule has 336 valence electrons. The van der Waals surface area contributed by atoms with Crippen LogP contribution >= 0.6 is 0 Å². The van der Waals surface area contributed by atoms with Crippen molar-refractivity contribution in [2.45, 2.75) is 134 Å². The fourth-order valence-corrected chi connectivity index (χ4v) is 9.13. The number of aliphatic imine (C=N–C) groups is 6. The zero-order valence-electron chi connectivity index (χ0n) is 38.1. The molecule has 0 spiro atoms. The first-order valence-corrected chi connectivity index (χ1v) is 23.2. The summed E-state index contributed by atoms with van der Waals surface area (Å²) in [6.07, 6.45) is 23.9. The topological polar surface area (TPSA) is 130 Å². The highest BCUT2D eigenvalue weighted by Gasteiger charge is 2.27. The molecule has 3 aliphatic carbocycles. The lowest BCUT2D eigenvalue weighted by Crippen LogP contribution is -2.27. The highest BCUT2D eigenvalue weighted by Crippen LogP contribution is 2.34. The second kappa shape index (κ2) is 22.7. The minimum absolute atomic E-state index is 0.0130. The predicted octanol–water partition coefficient (Wildman–Crippen LogP) is 9.77. The summed E-state index contributed by atoms with van der Waals surface area (Å²) < 4.78 is 36.5. The number of methoxy groups -OCH3 is 3. The molecule has 3 saturated carbocycles. The van der Waals surface area contributed by atoms with Crippen molar-refractivity contribution >= 4 is 37.3 Å². The van der Waals surface area contributed by atoms with Crippen molar-refractivity contribution in [3.8, 4) is 34.5 Å². The average Bonchev–Trinajstić information content (AvgIpc) is 3.31. The first-order valence-electron chi connectivity index (χ1n) is 23.2. The molecule has 63 heavy (non-hydrogen) atoms. The molecule has 6 heterocycles. The van der Waals surface area contributed by atoms with Crippen LogP contribution in [0, 0.1) is 0 Å². The number of benzene rings is 3. The Morgan fingerprint density at radius 1 is 0.333 bits per heavy atom. The summed E-state index contributed by atoms with van der Waals surface area (Å²) in [6, 6.07) is 12.1. The minimum atomic E-state index is 0.0130. The van der Waals surface area contributed by atoms with Gasteiger partial charge in [0.05, 0.1) is 77.4 Å². The maximum Gasteiger partial charge on any atom is 0.128 e. The van der Waals surface area contributed by atoms with Gasteiger partial charge in [-0.1, -0.05) is 38.5 Å². The van der Waals surface area contributed by atoms with Gasteiger partial charge in [-0.2, -0.15) is 0 Å². The summed E-state index contributed by atoms with van der Waals surface area (Å²) in [5.74, 6) is 4.33. The summed E-state index contributed by atoms with van der Waals surface area (Å²) >= 11 is 0. The van der Waals surface area contributed by atoms with Gasteiger partial charge in [-0.25, -0.2) is 0 Å². The van der Waals surface area contributed by atoms with E-state index in [2.05, 4.69) is 0 Å². The summed E-state index contributed by atoms with van der Waals surface area (Å²) in [6.45, 7) is 7.52. The summed E-state index contributed by atoms with van der Waals surface area (Å²) in [5, 5.41) is 0. The third kappa shape index (κ3) is 11.5. The molecule has 6 aliphatic heterocycles. The van der Waals surface area contributed by atoms with Crippen LogP contribution in [0.1, 0.15) is 131 Å². The molecule has 0 unspecified atom stereocenters. The molecule has 6 atom stereocenters. The van der Waals surface area contributed by atoms with E-state index in [0.29, 0.717) is 37.1 Å². The van der Waals surface area contributed by atoms with Gasteiger partial charge in [0, 0.05) is 70.7 Å². The lowest BCUT2D eigenvalue weighted by Gasteiger charge is -2.26. The van der Waals surface area contributed by atoms with Crippen molar-refractivity contribution in [3.05, 3.63) is 69.8 Å². The van der Waals surface area contributed by atoms with E-state index in [1.54, 1.807) is 21.3 Å². The fraction of sp³-hybridized carbons (Fsp3) is 0.529. The maximum absolute atomic E-state index is 6.21. The van der Waals surface area contributed by atoms with E-state index in [1.807, 2.05) is 94.5 Å². The minimum Gasteiger partial charge on any atom is -0.496 e. The van der Waals surface area contributed by atoms with Crippen LogP contribution in [0.15, 0.2) is 66.4 Å². The Labute approximate surface area is 374 Å². The van der Waals surface area contributed by atoms with Crippen LogP contribution in [0.25, 0.3) is 0 Å². The van der Waals surface area contributed by atoms with Crippen molar-refractivity contribution in [3.63, 3.8) is 0 Å². The third-order valence-corrected chi connectivity index (χ3v) is 12.5. The number of hydrogen-bond donors (Lipinski definition) is 0. The maximum atomic E-state index is 6.21. The fourth-order valence-electron chi connectivity index (χ4n) is 9.13. The lowest BCUT2D eigenvalue weighted by atomic mass is 9.91. The third-order valence-electron chi connectivity index (χ3n) is 12.5. The standard InChI is InChI=1S/C51H66N6O6/c1-7-61-49-25-34-28-52-41-17-11-14-20-44(41)56-32-38-23-48(60-6)36(27-51(38)63-9-3)30-54-42-18-12-15-21-45(42)57-33-39-24-47(59-5)35(26-50(39)62-8-2)29-53-40-16-10-13-19-43(40)55-31-37(49)22-46(34)58-4/h22-33,40-45H,7-21H2,1-6H3/t40-,41-,42+,43-,44-,45-/m1/s1. The monoisotopic (exact) mass is 859 g/mol. The van der Waals surface area contributed by atoms with Crippen molar-refractivity contribution < 1.29 is 28.4 Å². The van der Waals surface area contributed by atoms with Crippen molar-refractivity contribution in [1.82, 2.24) is 0 Å². The highest BCUT2D eigenvalue weighted by atomic mass is 16.5. The Balaban J connectivity index is 1.32. The van der Waals surface area contributed by atoms with Crippen LogP contribution in [0.2, 0.25) is 0 Å². The Kier molecular flexibility index (Phi) is 16.4. The van der Waals surface area contributed by atoms with Crippen molar-refractivity contribution in [1.29, 1.82) is 0 Å². The zero-order chi connectivity index (χ0) is 44.0. The number of hydrogen-bond acceptors (Lipinski definition) is 12. The Morgan fingerprint density at radius 3 is 0.714 bits per heavy atom. The Bertz CT molecular complexity index is 1940. The summed E-state index contributed by atoms with van der Waals surface area (Å²) in [4.78, 5) is 31.0. The van der Waals surface area contributed by atoms with Crippen molar-refractivity contribution in [2.75, 3.05) is 41.2 Å². The van der Waals surface area contributed by atoms with Crippen LogP contribution in [0.3, 0.4) is 0 Å². The van der Waals surface area contributed by atoms with E-state index >= 15 is 0 Å². The van der Waals surface area contributed by atoms with Crippen LogP contribution in [-0.2, 0) is 0 Å². The van der Waals surface area contributed by atoms with Gasteiger partial charge in [-0.15, -0.1) is 0 Å². The van der Waals surface area contributed by atoms with E-state index in [4.69, 9.17) is 58.4 Å². The molecule has 0 amide bonds. The number of nitrogens with zero attached hydrogens (tertiary/aromatic N) is 6. The summed E-state index contributed by atoms with van der Waals surface area (Å²) in [7, 11) is 5.08. The molecule has 3 aromatic carbocycles. The quantitative estimate of drug-likeness (QED) is 0.211. The van der Waals surface area contributed by atoms with Gasteiger partial charge in [-0.05, 0) is 95.7 Å². The van der Waals surface area contributed by atoms with Crippen LogP contribution in [0.5, 0.6) is 34.5 Å². The van der Waals surface area contributed by atoms with Gasteiger partial charge in [-0.3, -0.25) is 30.0 Å². The van der Waals surface area contributed by atoms with E-state index in [0.717, 1.165) is 128 Å². The molecule has 3 fully saturated rings. The first-order chi connectivity index (χ1) is 30.9. The van der Waals surface area contributed by atoms with Gasteiger partial charge in [0.25, 0.3) is 0 Å². The molecule has 12 rings (SSSR count). The van der Waals surface area contributed by atoms with E-state index < -0.39 is 0 Å². The second-order valence-electron chi connectivity index (χ2n) is 16.6. The van der Waals surface area contributed by atoms with Gasteiger partial charge >= 0.3 is 0 Å². The Morgan fingerprint density at radius 2 is 0.524 bits per heavy atom. The summed E-state index contributed by atoms with van der Waals surface area (Å²) in [5.41, 5.74) is 5.13. The highest BCUT2D eigenvalue weighted by molar-refractivity contribution is 5.93. The molecule has 3 aromatic rings. The molecule has 12 heteroatoms. The molecular formula is C51H66N6O6. The van der Waals surface area contributed by atoms with E-state index in [1.165, 1.54) is 0 Å². The van der Waals surface area contributed by atoms with E-state index in [9.17, 15) is 0 Å². The van der Waals surface area contributed by atoms with Gasteiger partial charge in [0.1, 0.15) is 34.5 Å².